The maximum Gasteiger partial charge on any atom is 0.295 e. The second kappa shape index (κ2) is 16.7. The Hall–Kier alpha value is -5.61. The number of nitro groups is 3. The highest BCUT2D eigenvalue weighted by molar-refractivity contribution is 8.09. The molecule has 0 bridgehead atoms. The molecule has 58 heavy (non-hydrogen) atoms. The van der Waals surface area contributed by atoms with E-state index in [4.69, 9.17) is 40.5 Å². The molecule has 0 saturated carbocycles. The number of benzene rings is 3. The summed E-state index contributed by atoms with van der Waals surface area (Å²) in [6, 6.07) is 7.66. The Morgan fingerprint density at radius 3 is 1.36 bits per heavy atom. The number of fused-ring (bicyclic) bond motifs is 3. The topological polar surface area (TPSA) is 327 Å². The van der Waals surface area contributed by atoms with Crippen LogP contribution in [0.15, 0.2) is 36.4 Å². The van der Waals surface area contributed by atoms with E-state index in [1.165, 1.54) is 53.8 Å². The molecule has 0 unspecified atom stereocenters. The molecule has 0 aliphatic rings. The first-order valence-electron chi connectivity index (χ1n) is 14.9. The van der Waals surface area contributed by atoms with Crippen LogP contribution in [0.1, 0.15) is 7.43 Å². The van der Waals surface area contributed by atoms with Crippen LogP contribution in [-0.2, 0) is 51.2 Å². The minimum Gasteiger partial charge on any atom is -0.382 e. The van der Waals surface area contributed by atoms with Crippen molar-refractivity contribution in [1.29, 1.82) is 0 Å². The Bertz CT molecular complexity index is 2970. The number of sulfonamides is 3. The molecule has 3 aromatic heterocycles. The van der Waals surface area contributed by atoms with Gasteiger partial charge in [0.15, 0.2) is 17.5 Å². The molecular formula is C28H31Cl3N12O12S3. The van der Waals surface area contributed by atoms with Crippen molar-refractivity contribution in [3.63, 3.8) is 0 Å². The third-order valence-electron chi connectivity index (χ3n) is 7.40. The molecule has 0 amide bonds. The number of nitrogens with two attached hydrogens (primary N) is 1. The van der Waals surface area contributed by atoms with Crippen molar-refractivity contribution in [2.45, 2.75) is 7.43 Å². The second-order valence-electron chi connectivity index (χ2n) is 11.7. The van der Waals surface area contributed by atoms with Gasteiger partial charge in [0.1, 0.15) is 16.6 Å². The molecule has 6 rings (SSSR count). The van der Waals surface area contributed by atoms with Crippen LogP contribution in [0, 0.1) is 30.3 Å². The number of nitrogens with one attached hydrogen (secondary N) is 1. The molecule has 30 heteroatoms. The average Bonchev–Trinajstić information content (AvgIpc) is 3.66. The normalized spacial score (nSPS) is 11.6. The fraction of sp³-hybridized carbons (Fsp3) is 0.250. The van der Waals surface area contributed by atoms with Crippen LogP contribution in [0.4, 0.5) is 34.5 Å². The van der Waals surface area contributed by atoms with Crippen LogP contribution in [0.25, 0.3) is 32.7 Å². The summed E-state index contributed by atoms with van der Waals surface area (Å²) in [5, 5.41) is 45.4. The molecule has 0 saturated heterocycles. The van der Waals surface area contributed by atoms with Gasteiger partial charge in [0.25, 0.3) is 17.1 Å². The molecule has 0 aliphatic heterocycles. The molecular weight excluding hydrogens is 899 g/mol. The lowest BCUT2D eigenvalue weighted by Crippen LogP contribution is -2.35. The van der Waals surface area contributed by atoms with Crippen molar-refractivity contribution < 1.29 is 40.0 Å². The minimum atomic E-state index is -4.26. The molecule has 3 aromatic carbocycles. The van der Waals surface area contributed by atoms with Crippen molar-refractivity contribution in [2.75, 3.05) is 32.9 Å². The molecule has 0 spiro atoms. The first kappa shape index (κ1) is 46.8. The summed E-state index contributed by atoms with van der Waals surface area (Å²) in [5.41, 5.74) is 5.38. The molecule has 24 nitrogen and oxygen atoms in total. The lowest BCUT2D eigenvalue weighted by Gasteiger charge is -2.17. The monoisotopic (exact) mass is 928 g/mol. The second-order valence-corrected chi connectivity index (χ2v) is 18.5. The van der Waals surface area contributed by atoms with Gasteiger partial charge in [0.2, 0.25) is 30.1 Å². The van der Waals surface area contributed by atoms with E-state index in [1.54, 1.807) is 7.05 Å². The average molecular weight is 930 g/mol. The summed E-state index contributed by atoms with van der Waals surface area (Å²) in [6.07, 6.45) is 2.32. The minimum absolute atomic E-state index is 0. The standard InChI is InChI=1S/C10H11ClN4O6S2.C9H9ClN4O4S.C8H7ClN4O2.CH4/c1-13-9-7(14(16)17)5-4-6(11)8(9)10(12-13)15(22(2,18)19)23(3,20)21;1-13-8-6(14(15)16)4-3-5(10)7(8)9(11-13)12-19(2,17)18;1-12-7-5(13(14)15)3-2-4(9)6(7)8(10)11-12;/h4-5H,1-3H3;3-4H,1-2H3,(H,11,12);2-3H,1H3,(H2,10,11);1H4. The molecule has 0 fully saturated rings. The molecule has 6 aromatic rings. The van der Waals surface area contributed by atoms with Gasteiger partial charge in [-0.25, -0.2) is 25.3 Å². The van der Waals surface area contributed by atoms with Gasteiger partial charge < -0.3 is 5.73 Å². The lowest BCUT2D eigenvalue weighted by molar-refractivity contribution is -0.383. The van der Waals surface area contributed by atoms with Crippen LogP contribution in [-0.4, -0.2) is 88.1 Å². The van der Waals surface area contributed by atoms with Crippen molar-refractivity contribution in [3.05, 3.63) is 81.8 Å². The third kappa shape index (κ3) is 9.39. The molecule has 3 N–H and O–H groups in total. The summed E-state index contributed by atoms with van der Waals surface area (Å²) in [7, 11) is -7.71. The summed E-state index contributed by atoms with van der Waals surface area (Å²) in [5.74, 6) is -0.351. The summed E-state index contributed by atoms with van der Waals surface area (Å²) < 4.78 is 75.9. The Morgan fingerprint density at radius 2 is 0.966 bits per heavy atom. The van der Waals surface area contributed by atoms with Crippen LogP contribution in [0.3, 0.4) is 0 Å². The van der Waals surface area contributed by atoms with E-state index >= 15 is 0 Å². The van der Waals surface area contributed by atoms with Gasteiger partial charge in [0.05, 0.1) is 64.8 Å². The zero-order valence-electron chi connectivity index (χ0n) is 29.8. The molecule has 0 radical (unpaired) electrons. The van der Waals surface area contributed by atoms with Crippen LogP contribution in [0.2, 0.25) is 15.1 Å². The fourth-order valence-electron chi connectivity index (χ4n) is 5.46. The van der Waals surface area contributed by atoms with Gasteiger partial charge in [-0.05, 0) is 18.2 Å². The number of nitrogen functional groups attached to an aromatic ring is 1. The number of hydrogen-bond acceptors (Lipinski definition) is 16. The zero-order valence-corrected chi connectivity index (χ0v) is 34.5. The number of halogens is 3. The predicted molar refractivity (Wildman–Crippen MR) is 219 cm³/mol. The van der Waals surface area contributed by atoms with Crippen LogP contribution < -0.4 is 14.2 Å². The van der Waals surface area contributed by atoms with E-state index in [9.17, 15) is 55.6 Å². The highest BCUT2D eigenvalue weighted by atomic mass is 35.5. The van der Waals surface area contributed by atoms with Crippen molar-refractivity contribution >= 4 is 132 Å². The lowest BCUT2D eigenvalue weighted by atomic mass is 10.2. The number of non-ortho nitro benzene ring substituents is 3. The largest absolute Gasteiger partial charge is 0.382 e. The maximum atomic E-state index is 11.9. The van der Waals surface area contributed by atoms with Gasteiger partial charge in [0, 0.05) is 39.3 Å². The van der Waals surface area contributed by atoms with E-state index in [1.807, 2.05) is 0 Å². The highest BCUT2D eigenvalue weighted by Gasteiger charge is 2.34. The van der Waals surface area contributed by atoms with E-state index in [0.717, 1.165) is 17.0 Å². The fourth-order valence-corrected chi connectivity index (χ4v) is 9.54. The number of hydrogen-bond donors (Lipinski definition) is 2. The zero-order chi connectivity index (χ0) is 43.3. The van der Waals surface area contributed by atoms with Crippen molar-refractivity contribution in [3.8, 4) is 0 Å². The SMILES string of the molecule is C.Cn1nc(N(S(C)(=O)=O)S(C)(=O)=O)c2c(Cl)ccc([N+](=O)[O-])c21.Cn1nc(N)c2c(Cl)ccc([N+](=O)[O-])c21.Cn1nc(NS(C)(=O)=O)c2c(Cl)ccc([N+](=O)[O-])c21. The van der Waals surface area contributed by atoms with Crippen molar-refractivity contribution in [2.24, 2.45) is 21.1 Å². The predicted octanol–water partition coefficient (Wildman–Crippen LogP) is 4.72. The number of aromatic nitrogens is 6. The first-order chi connectivity index (χ1) is 26.1. The number of nitro benzene ring substituents is 3. The van der Waals surface area contributed by atoms with Crippen LogP contribution >= 0.6 is 34.8 Å². The van der Waals surface area contributed by atoms with Gasteiger partial charge in [-0.2, -0.15) is 15.3 Å². The molecule has 314 valence electrons. The summed E-state index contributed by atoms with van der Waals surface area (Å²) in [6.45, 7) is 0. The smallest absolute Gasteiger partial charge is 0.295 e. The Balaban J connectivity index is 0.000000236. The number of aryl methyl sites for hydroxylation is 3. The quantitative estimate of drug-likeness (QED) is 0.154. The van der Waals surface area contributed by atoms with Gasteiger partial charge in [-0.1, -0.05) is 42.2 Å². The van der Waals surface area contributed by atoms with Gasteiger partial charge >= 0.3 is 0 Å². The van der Waals surface area contributed by atoms with Crippen molar-refractivity contribution in [1.82, 2.24) is 29.3 Å². The highest BCUT2D eigenvalue weighted by Crippen LogP contribution is 2.39. The Kier molecular flexibility index (Phi) is 13.5. The van der Waals surface area contributed by atoms with E-state index in [0.29, 0.717) is 28.4 Å². The number of nitrogens with zero attached hydrogens (tertiary/aromatic N) is 10. The van der Waals surface area contributed by atoms with E-state index in [2.05, 4.69) is 20.0 Å². The Labute approximate surface area is 343 Å². The Morgan fingerprint density at radius 1 is 0.621 bits per heavy atom. The van der Waals surface area contributed by atoms with E-state index in [-0.39, 0.29) is 71.7 Å². The van der Waals surface area contributed by atoms with E-state index < -0.39 is 50.7 Å². The molecule has 3 heterocycles. The van der Waals surface area contributed by atoms with Gasteiger partial charge in [-0.3, -0.25) is 49.1 Å². The first-order valence-corrected chi connectivity index (χ1v) is 21.6. The molecule has 0 atom stereocenters. The number of rotatable bonds is 8. The van der Waals surface area contributed by atoms with Crippen LogP contribution in [0.5, 0.6) is 0 Å². The molecule has 0 aliphatic carbocycles. The number of anilines is 3. The summed E-state index contributed by atoms with van der Waals surface area (Å²) in [4.78, 5) is 31.1. The van der Waals surface area contributed by atoms with Gasteiger partial charge in [-0.15, -0.1) is 3.71 Å². The summed E-state index contributed by atoms with van der Waals surface area (Å²) >= 11 is 17.9. The maximum absolute atomic E-state index is 11.9. The third-order valence-corrected chi connectivity index (χ3v) is 12.1.